The van der Waals surface area contributed by atoms with Gasteiger partial charge in [-0.25, -0.2) is 0 Å². The van der Waals surface area contributed by atoms with Crippen LogP contribution in [0.4, 0.5) is 0 Å². The van der Waals surface area contributed by atoms with Gasteiger partial charge in [-0.15, -0.1) is 0 Å². The first-order chi connectivity index (χ1) is 10.3. The van der Waals surface area contributed by atoms with Crippen molar-refractivity contribution in [1.82, 2.24) is 5.32 Å². The summed E-state index contributed by atoms with van der Waals surface area (Å²) in [6.07, 6.45) is 3.24. The van der Waals surface area contributed by atoms with Crippen LogP contribution in [0.25, 0.3) is 0 Å². The molecule has 0 aliphatic carbocycles. The van der Waals surface area contributed by atoms with Gasteiger partial charge in [0.15, 0.2) is 5.76 Å². The van der Waals surface area contributed by atoms with E-state index in [-0.39, 0.29) is 5.91 Å². The third-order valence-corrected chi connectivity index (χ3v) is 3.93. The summed E-state index contributed by atoms with van der Waals surface area (Å²) in [7, 11) is 0. The van der Waals surface area contributed by atoms with Crippen molar-refractivity contribution in [3.05, 3.63) is 46.9 Å². The van der Waals surface area contributed by atoms with Crippen molar-refractivity contribution in [3.8, 4) is 11.5 Å². The number of ether oxygens (including phenoxy) is 2. The highest BCUT2D eigenvalue weighted by molar-refractivity contribution is 5.91. The Morgan fingerprint density at radius 2 is 2.14 bits per heavy atom. The lowest BCUT2D eigenvalue weighted by atomic mass is 9.99. The Labute approximate surface area is 121 Å². The average Bonchev–Trinajstić information content (AvgIpc) is 3.21. The topological polar surface area (TPSA) is 60.7 Å². The van der Waals surface area contributed by atoms with E-state index in [2.05, 4.69) is 11.4 Å². The van der Waals surface area contributed by atoms with Crippen molar-refractivity contribution in [1.29, 1.82) is 0 Å². The smallest absolute Gasteiger partial charge is 0.287 e. The lowest BCUT2D eigenvalue weighted by Crippen LogP contribution is -2.23. The molecule has 0 fully saturated rings. The number of rotatable bonds is 3. The molecule has 2 aromatic rings. The van der Waals surface area contributed by atoms with Crippen molar-refractivity contribution < 1.29 is 18.7 Å². The van der Waals surface area contributed by atoms with Crippen molar-refractivity contribution in [2.24, 2.45) is 0 Å². The van der Waals surface area contributed by atoms with Crippen LogP contribution >= 0.6 is 0 Å². The van der Waals surface area contributed by atoms with Crippen molar-refractivity contribution in [2.75, 3.05) is 13.2 Å². The van der Waals surface area contributed by atoms with Crippen LogP contribution in [0.15, 0.2) is 28.9 Å². The molecule has 1 N–H and O–H groups in total. The van der Waals surface area contributed by atoms with Crippen LogP contribution < -0.4 is 14.8 Å². The summed E-state index contributed by atoms with van der Waals surface area (Å²) in [4.78, 5) is 12.0. The Hall–Kier alpha value is -2.43. The molecule has 1 aromatic carbocycles. The fraction of sp³-hybridized carbons (Fsp3) is 0.312. The molecule has 5 heteroatoms. The van der Waals surface area contributed by atoms with E-state index < -0.39 is 0 Å². The summed E-state index contributed by atoms with van der Waals surface area (Å²) in [6.45, 7) is 1.81. The normalized spacial score (nSPS) is 15.0. The van der Waals surface area contributed by atoms with Gasteiger partial charge in [-0.3, -0.25) is 4.79 Å². The molecule has 5 nitrogen and oxygen atoms in total. The van der Waals surface area contributed by atoms with Gasteiger partial charge in [0.25, 0.3) is 5.91 Å². The van der Waals surface area contributed by atoms with E-state index in [0.29, 0.717) is 25.5 Å². The molecule has 1 amide bonds. The second kappa shape index (κ2) is 4.84. The van der Waals surface area contributed by atoms with E-state index in [1.165, 1.54) is 6.26 Å². The number of hydrogen-bond acceptors (Lipinski definition) is 4. The molecule has 0 radical (unpaired) electrons. The second-order valence-corrected chi connectivity index (χ2v) is 5.18. The maximum atomic E-state index is 12.0. The zero-order chi connectivity index (χ0) is 14.2. The summed E-state index contributed by atoms with van der Waals surface area (Å²) in [5.74, 6) is 1.94. The van der Waals surface area contributed by atoms with Gasteiger partial charge in [-0.2, -0.15) is 0 Å². The Kier molecular flexibility index (Phi) is 2.84. The number of carbonyl (C=O) groups is 1. The first-order valence-electron chi connectivity index (χ1n) is 7.08. The molecule has 0 unspecified atom stereocenters. The van der Waals surface area contributed by atoms with Crippen molar-refractivity contribution in [3.63, 3.8) is 0 Å². The highest BCUT2D eigenvalue weighted by Gasteiger charge is 2.26. The largest absolute Gasteiger partial charge is 0.493 e. The highest BCUT2D eigenvalue weighted by atomic mass is 16.5. The highest BCUT2D eigenvalue weighted by Crippen LogP contribution is 2.40. The number of furan rings is 1. The van der Waals surface area contributed by atoms with Crippen LogP contribution in [0, 0.1) is 0 Å². The van der Waals surface area contributed by atoms with E-state index >= 15 is 0 Å². The van der Waals surface area contributed by atoms with Crippen LogP contribution in [-0.4, -0.2) is 19.1 Å². The molecule has 0 atom stereocenters. The first kappa shape index (κ1) is 12.3. The predicted octanol–water partition coefficient (Wildman–Crippen LogP) is 2.08. The molecular weight excluding hydrogens is 270 g/mol. The molecule has 0 bridgehead atoms. The van der Waals surface area contributed by atoms with Gasteiger partial charge in [0, 0.05) is 36.1 Å². The third kappa shape index (κ3) is 2.05. The molecule has 2 aliphatic rings. The average molecular weight is 285 g/mol. The molecule has 4 rings (SSSR count). The third-order valence-electron chi connectivity index (χ3n) is 3.93. The van der Waals surface area contributed by atoms with Crippen LogP contribution in [0.1, 0.15) is 27.2 Å². The summed E-state index contributed by atoms with van der Waals surface area (Å²) in [6, 6.07) is 5.42. The molecule has 0 spiro atoms. The summed E-state index contributed by atoms with van der Waals surface area (Å²) >= 11 is 0. The fourth-order valence-corrected chi connectivity index (χ4v) is 2.94. The van der Waals surface area contributed by atoms with E-state index in [9.17, 15) is 4.79 Å². The van der Waals surface area contributed by atoms with Crippen molar-refractivity contribution >= 4 is 5.91 Å². The molecule has 108 valence electrons. The molecule has 0 saturated heterocycles. The number of amides is 1. The van der Waals surface area contributed by atoms with Gasteiger partial charge >= 0.3 is 0 Å². The Morgan fingerprint density at radius 1 is 1.24 bits per heavy atom. The number of fused-ring (bicyclic) bond motifs is 2. The van der Waals surface area contributed by atoms with Crippen LogP contribution in [0.2, 0.25) is 0 Å². The zero-order valence-electron chi connectivity index (χ0n) is 11.5. The van der Waals surface area contributed by atoms with Crippen LogP contribution in [0.5, 0.6) is 11.5 Å². The SMILES string of the molecule is O=C(NCc1c2c(cc3c1OCC3)OCC2)c1ccco1. The fourth-order valence-electron chi connectivity index (χ4n) is 2.94. The predicted molar refractivity (Wildman–Crippen MR) is 74.7 cm³/mol. The maximum absolute atomic E-state index is 12.0. The Bertz CT molecular complexity index is 659. The quantitative estimate of drug-likeness (QED) is 0.938. The standard InChI is InChI=1S/C16H15NO4/c18-16(13-2-1-5-19-13)17-9-12-11-4-7-20-14(11)8-10-3-6-21-15(10)12/h1-2,5,8H,3-4,6-7,9H2,(H,17,18). The molecule has 3 heterocycles. The minimum atomic E-state index is -0.219. The van der Waals surface area contributed by atoms with Crippen LogP contribution in [-0.2, 0) is 19.4 Å². The van der Waals surface area contributed by atoms with Crippen LogP contribution in [0.3, 0.4) is 0 Å². The minimum absolute atomic E-state index is 0.219. The van der Waals surface area contributed by atoms with Gasteiger partial charge in [-0.1, -0.05) is 0 Å². The monoisotopic (exact) mass is 285 g/mol. The number of carbonyl (C=O) groups excluding carboxylic acids is 1. The van der Waals surface area contributed by atoms with E-state index in [1.807, 2.05) is 0 Å². The van der Waals surface area contributed by atoms with E-state index in [0.717, 1.165) is 41.0 Å². The molecule has 21 heavy (non-hydrogen) atoms. The number of benzene rings is 1. The van der Waals surface area contributed by atoms with Gasteiger partial charge in [-0.05, 0) is 18.2 Å². The summed E-state index contributed by atoms with van der Waals surface area (Å²) in [5, 5.41) is 2.89. The Morgan fingerprint density at radius 3 is 3.00 bits per heavy atom. The first-order valence-corrected chi connectivity index (χ1v) is 7.08. The van der Waals surface area contributed by atoms with E-state index in [1.54, 1.807) is 12.1 Å². The van der Waals surface area contributed by atoms with Crippen molar-refractivity contribution in [2.45, 2.75) is 19.4 Å². The lowest BCUT2D eigenvalue weighted by Gasteiger charge is -2.13. The minimum Gasteiger partial charge on any atom is -0.493 e. The number of hydrogen-bond donors (Lipinski definition) is 1. The maximum Gasteiger partial charge on any atom is 0.287 e. The van der Waals surface area contributed by atoms with E-state index in [4.69, 9.17) is 13.9 Å². The Balaban J connectivity index is 1.62. The molecule has 2 aliphatic heterocycles. The lowest BCUT2D eigenvalue weighted by molar-refractivity contribution is 0.0923. The summed E-state index contributed by atoms with van der Waals surface area (Å²) < 4.78 is 16.5. The molecular formula is C16H15NO4. The second-order valence-electron chi connectivity index (χ2n) is 5.18. The van der Waals surface area contributed by atoms with Gasteiger partial charge < -0.3 is 19.2 Å². The van der Waals surface area contributed by atoms with Gasteiger partial charge in [0.2, 0.25) is 0 Å². The number of nitrogens with one attached hydrogen (secondary N) is 1. The summed E-state index contributed by atoms with van der Waals surface area (Å²) in [5.41, 5.74) is 3.35. The zero-order valence-corrected chi connectivity index (χ0v) is 11.5. The molecule has 1 aromatic heterocycles. The van der Waals surface area contributed by atoms with Gasteiger partial charge in [0.1, 0.15) is 11.5 Å². The molecule has 0 saturated carbocycles. The van der Waals surface area contributed by atoms with Gasteiger partial charge in [0.05, 0.1) is 19.5 Å².